The molecule has 0 radical (unpaired) electrons. The smallest absolute Gasteiger partial charge is 0.323 e. The minimum absolute atomic E-state index is 0.109. The third kappa shape index (κ3) is 2.80. The van der Waals surface area contributed by atoms with Crippen LogP contribution in [-0.4, -0.2) is 47.3 Å². The van der Waals surface area contributed by atoms with E-state index in [1.165, 1.54) is 0 Å². The van der Waals surface area contributed by atoms with E-state index in [2.05, 4.69) is 4.90 Å². The van der Waals surface area contributed by atoms with Gasteiger partial charge in [-0.1, -0.05) is 12.8 Å². The molecule has 2 fully saturated rings. The molecule has 0 aromatic carbocycles. The second-order valence-corrected chi connectivity index (χ2v) is 5.07. The van der Waals surface area contributed by atoms with Crippen molar-refractivity contribution < 1.29 is 14.6 Å². The van der Waals surface area contributed by atoms with Gasteiger partial charge in [-0.15, -0.1) is 0 Å². The molecule has 2 aliphatic rings. The second kappa shape index (κ2) is 5.83. The fourth-order valence-electron chi connectivity index (χ4n) is 3.16. The van der Waals surface area contributed by atoms with Crippen molar-refractivity contribution in [2.75, 3.05) is 13.2 Å². The lowest BCUT2D eigenvalue weighted by atomic mass is 9.91. The van der Waals surface area contributed by atoms with E-state index in [9.17, 15) is 9.90 Å². The molecule has 0 aromatic heterocycles. The summed E-state index contributed by atoms with van der Waals surface area (Å²) >= 11 is 0. The van der Waals surface area contributed by atoms with Gasteiger partial charge >= 0.3 is 5.97 Å². The topological polar surface area (TPSA) is 49.8 Å². The normalized spacial score (nSPS) is 34.8. The predicted octanol–water partition coefficient (Wildman–Crippen LogP) is 1.32. The number of aliphatic hydroxyl groups excluding tert-OH is 1. The molecule has 4 heteroatoms. The summed E-state index contributed by atoms with van der Waals surface area (Å²) < 4.78 is 5.12. The number of aliphatic hydroxyl groups is 1. The molecular weight excluding hydrogens is 218 g/mol. The highest BCUT2D eigenvalue weighted by atomic mass is 16.5. The summed E-state index contributed by atoms with van der Waals surface area (Å²) in [5.74, 6) is -0.109. The Balaban J connectivity index is 2.00. The molecule has 0 aromatic rings. The monoisotopic (exact) mass is 241 g/mol. The summed E-state index contributed by atoms with van der Waals surface area (Å²) in [5, 5.41) is 10.1. The van der Waals surface area contributed by atoms with Crippen LogP contribution in [0.15, 0.2) is 0 Å². The number of nitrogens with zero attached hydrogens (tertiary/aromatic N) is 1. The highest BCUT2D eigenvalue weighted by Gasteiger charge is 2.39. The SMILES string of the molecule is CCOC(=O)C1CCCN1C1CCCCC1O. The minimum Gasteiger partial charge on any atom is -0.465 e. The van der Waals surface area contributed by atoms with Gasteiger partial charge in [0.05, 0.1) is 12.7 Å². The largest absolute Gasteiger partial charge is 0.465 e. The molecule has 3 atom stereocenters. The summed E-state index contributed by atoms with van der Waals surface area (Å²) in [6, 6.07) is 0.0494. The molecule has 1 saturated heterocycles. The molecule has 1 aliphatic carbocycles. The zero-order chi connectivity index (χ0) is 12.3. The van der Waals surface area contributed by atoms with Gasteiger partial charge in [-0.3, -0.25) is 9.69 Å². The fourth-order valence-corrected chi connectivity index (χ4v) is 3.16. The third-order valence-corrected chi connectivity index (χ3v) is 3.97. The number of rotatable bonds is 3. The Bertz CT molecular complexity index is 269. The van der Waals surface area contributed by atoms with E-state index < -0.39 is 0 Å². The van der Waals surface area contributed by atoms with Crippen LogP contribution in [-0.2, 0) is 9.53 Å². The molecule has 17 heavy (non-hydrogen) atoms. The standard InChI is InChI=1S/C13H23NO3/c1-2-17-13(16)11-7-5-9-14(11)10-6-3-4-8-12(10)15/h10-12,15H,2-9H2,1H3. The molecule has 1 heterocycles. The average molecular weight is 241 g/mol. The minimum atomic E-state index is -0.265. The van der Waals surface area contributed by atoms with E-state index >= 15 is 0 Å². The van der Waals surface area contributed by atoms with Crippen LogP contribution in [0.4, 0.5) is 0 Å². The van der Waals surface area contributed by atoms with Crippen LogP contribution < -0.4 is 0 Å². The van der Waals surface area contributed by atoms with Crippen molar-refractivity contribution in [1.29, 1.82) is 0 Å². The van der Waals surface area contributed by atoms with Crippen molar-refractivity contribution >= 4 is 5.97 Å². The Morgan fingerprint density at radius 3 is 2.76 bits per heavy atom. The van der Waals surface area contributed by atoms with Crippen molar-refractivity contribution in [2.45, 2.75) is 63.6 Å². The molecule has 0 spiro atoms. The van der Waals surface area contributed by atoms with E-state index in [1.807, 2.05) is 6.92 Å². The summed E-state index contributed by atoms with van der Waals surface area (Å²) in [5.41, 5.74) is 0. The maximum atomic E-state index is 11.9. The maximum Gasteiger partial charge on any atom is 0.323 e. The van der Waals surface area contributed by atoms with Gasteiger partial charge < -0.3 is 9.84 Å². The number of likely N-dealkylation sites (tertiary alicyclic amines) is 1. The highest BCUT2D eigenvalue weighted by Crippen LogP contribution is 2.29. The van der Waals surface area contributed by atoms with Gasteiger partial charge in [-0.2, -0.15) is 0 Å². The number of hydrogen-bond acceptors (Lipinski definition) is 4. The molecule has 2 rings (SSSR count). The zero-order valence-electron chi connectivity index (χ0n) is 10.6. The van der Waals surface area contributed by atoms with Gasteiger partial charge in [0, 0.05) is 6.04 Å². The van der Waals surface area contributed by atoms with Crippen LogP contribution in [0.25, 0.3) is 0 Å². The summed E-state index contributed by atoms with van der Waals surface area (Å²) in [6.45, 7) is 3.20. The number of ether oxygens (including phenoxy) is 1. The van der Waals surface area contributed by atoms with Crippen molar-refractivity contribution in [2.24, 2.45) is 0 Å². The van der Waals surface area contributed by atoms with Crippen molar-refractivity contribution in [3.05, 3.63) is 0 Å². The van der Waals surface area contributed by atoms with Gasteiger partial charge in [0.25, 0.3) is 0 Å². The molecule has 1 saturated carbocycles. The first kappa shape index (κ1) is 12.8. The lowest BCUT2D eigenvalue weighted by molar-refractivity contribution is -0.150. The second-order valence-electron chi connectivity index (χ2n) is 5.07. The zero-order valence-corrected chi connectivity index (χ0v) is 10.6. The molecule has 0 bridgehead atoms. The Hall–Kier alpha value is -0.610. The number of carbonyl (C=O) groups is 1. The number of hydrogen-bond donors (Lipinski definition) is 1. The van der Waals surface area contributed by atoms with Crippen LogP contribution >= 0.6 is 0 Å². The number of carbonyl (C=O) groups excluding carboxylic acids is 1. The van der Waals surface area contributed by atoms with Gasteiger partial charge in [0.1, 0.15) is 6.04 Å². The molecule has 0 amide bonds. The van der Waals surface area contributed by atoms with Crippen LogP contribution in [0, 0.1) is 0 Å². The Morgan fingerprint density at radius 2 is 2.06 bits per heavy atom. The lowest BCUT2D eigenvalue weighted by Crippen LogP contribution is -2.50. The molecule has 1 N–H and O–H groups in total. The van der Waals surface area contributed by atoms with E-state index in [4.69, 9.17) is 4.74 Å². The van der Waals surface area contributed by atoms with Gasteiger partial charge in [-0.05, 0) is 39.2 Å². The fraction of sp³-hybridized carbons (Fsp3) is 0.923. The first-order valence-electron chi connectivity index (χ1n) is 6.84. The number of esters is 1. The molecule has 3 unspecified atom stereocenters. The first-order valence-corrected chi connectivity index (χ1v) is 6.84. The lowest BCUT2D eigenvalue weighted by Gasteiger charge is -2.37. The maximum absolute atomic E-state index is 11.9. The van der Waals surface area contributed by atoms with Crippen molar-refractivity contribution in [3.63, 3.8) is 0 Å². The molecule has 4 nitrogen and oxygen atoms in total. The van der Waals surface area contributed by atoms with Crippen LogP contribution in [0.1, 0.15) is 45.4 Å². The third-order valence-electron chi connectivity index (χ3n) is 3.97. The Labute approximate surface area is 103 Å². The summed E-state index contributed by atoms with van der Waals surface area (Å²) in [6.07, 6.45) is 5.80. The van der Waals surface area contributed by atoms with Crippen molar-refractivity contribution in [3.8, 4) is 0 Å². The Morgan fingerprint density at radius 1 is 1.29 bits per heavy atom. The highest BCUT2D eigenvalue weighted by molar-refractivity contribution is 5.76. The molecule has 1 aliphatic heterocycles. The van der Waals surface area contributed by atoms with Gasteiger partial charge in [0.2, 0.25) is 0 Å². The average Bonchev–Trinajstić information content (AvgIpc) is 2.79. The molecular formula is C13H23NO3. The van der Waals surface area contributed by atoms with E-state index in [-0.39, 0.29) is 24.2 Å². The van der Waals surface area contributed by atoms with E-state index in [0.717, 1.165) is 45.1 Å². The Kier molecular flexibility index (Phi) is 4.40. The first-order chi connectivity index (χ1) is 8.24. The summed E-state index contributed by atoms with van der Waals surface area (Å²) in [4.78, 5) is 14.0. The predicted molar refractivity (Wildman–Crippen MR) is 64.6 cm³/mol. The van der Waals surface area contributed by atoms with Crippen LogP contribution in [0.5, 0.6) is 0 Å². The summed E-state index contributed by atoms with van der Waals surface area (Å²) in [7, 11) is 0. The van der Waals surface area contributed by atoms with Crippen molar-refractivity contribution in [1.82, 2.24) is 4.90 Å². The van der Waals surface area contributed by atoms with Crippen LogP contribution in [0.2, 0.25) is 0 Å². The van der Waals surface area contributed by atoms with Crippen LogP contribution in [0.3, 0.4) is 0 Å². The van der Waals surface area contributed by atoms with Gasteiger partial charge in [-0.25, -0.2) is 0 Å². The quantitative estimate of drug-likeness (QED) is 0.757. The van der Waals surface area contributed by atoms with E-state index in [1.54, 1.807) is 0 Å². The van der Waals surface area contributed by atoms with E-state index in [0.29, 0.717) is 6.61 Å². The molecule has 98 valence electrons. The van der Waals surface area contributed by atoms with Gasteiger partial charge in [0.15, 0.2) is 0 Å².